The minimum absolute atomic E-state index is 0. The van der Waals surface area contributed by atoms with Crippen LogP contribution in [-0.4, -0.2) is 27.6 Å². The van der Waals surface area contributed by atoms with Crippen molar-refractivity contribution in [2.45, 2.75) is 72.9 Å². The third kappa shape index (κ3) is 8.53. The van der Waals surface area contributed by atoms with Crippen LogP contribution < -0.4 is 5.19 Å². The molecule has 0 spiro atoms. The van der Waals surface area contributed by atoms with Crippen molar-refractivity contribution in [3.63, 3.8) is 0 Å². The largest absolute Gasteiger partial charge is 0.333 e. The van der Waals surface area contributed by atoms with Crippen LogP contribution in [0.15, 0.2) is 127 Å². The summed E-state index contributed by atoms with van der Waals surface area (Å²) in [5.41, 5.74) is 11.3. The number of aromatic nitrogens is 4. The van der Waals surface area contributed by atoms with Crippen LogP contribution in [0.25, 0.3) is 70.8 Å². The number of hydrogen-bond donors (Lipinski definition) is 0. The molecule has 0 atom stereocenters. The van der Waals surface area contributed by atoms with E-state index >= 15 is 0 Å². The first-order chi connectivity index (χ1) is 29.9. The SMILES string of the molecule is Cc1ccc2c(n1)sc1c(-c3nc4ccccc4n3-c3c(C(C)C)cc(-c4ccccc4)cc3C(C)C)[c-]ccc12.[2H]c1[c-]c(-c2ccc([Si](C)(C)C)cn2)cc([2H])c1C([2H])([2H])[2H].[Ir]. The average Bonchev–Trinajstić information content (AvgIpc) is 3.81. The van der Waals surface area contributed by atoms with Crippen LogP contribution >= 0.6 is 11.3 Å². The monoisotopic (exact) mass is 988 g/mol. The molecule has 0 aliphatic heterocycles. The topological polar surface area (TPSA) is 43.6 Å². The van der Waals surface area contributed by atoms with Crippen LogP contribution in [0.3, 0.4) is 0 Å². The van der Waals surface area contributed by atoms with Crippen LogP contribution in [0.4, 0.5) is 0 Å². The molecule has 0 saturated heterocycles. The summed E-state index contributed by atoms with van der Waals surface area (Å²) in [5.74, 6) is 1.56. The number of fused-ring (bicyclic) bond motifs is 4. The van der Waals surface area contributed by atoms with Gasteiger partial charge in [0.05, 0.1) is 24.9 Å². The molecule has 0 aliphatic carbocycles. The van der Waals surface area contributed by atoms with Crippen LogP contribution in [0.5, 0.6) is 0 Å². The Morgan fingerprint density at radius 1 is 0.780 bits per heavy atom. The van der Waals surface area contributed by atoms with Crippen LogP contribution in [0.2, 0.25) is 19.6 Å². The average molecular weight is 988 g/mol. The summed E-state index contributed by atoms with van der Waals surface area (Å²) in [7, 11) is -1.43. The number of aryl methyl sites for hydroxylation is 1. The molecular formula is C52H50IrN4SSi-2. The fourth-order valence-electron chi connectivity index (χ4n) is 7.40. The molecule has 0 aliphatic rings. The molecule has 0 unspecified atom stereocenters. The number of benzene rings is 5. The van der Waals surface area contributed by atoms with Crippen LogP contribution in [-0.2, 0) is 20.1 Å². The van der Waals surface area contributed by atoms with Crippen LogP contribution in [0.1, 0.15) is 68.8 Å². The van der Waals surface area contributed by atoms with Gasteiger partial charge in [0.1, 0.15) is 4.83 Å². The van der Waals surface area contributed by atoms with Crippen molar-refractivity contribution in [3.8, 4) is 39.5 Å². The number of imidazole rings is 1. The first-order valence-electron chi connectivity index (χ1n) is 22.3. The van der Waals surface area contributed by atoms with Crippen molar-refractivity contribution in [2.24, 2.45) is 0 Å². The molecule has 5 aromatic carbocycles. The smallest absolute Gasteiger partial charge is 0.113 e. The summed E-state index contributed by atoms with van der Waals surface area (Å²) in [6.07, 6.45) is 1.82. The molecule has 0 N–H and O–H groups in total. The van der Waals surface area contributed by atoms with Crippen molar-refractivity contribution < 1.29 is 27.0 Å². The maximum Gasteiger partial charge on any atom is 0.113 e. The zero-order chi connectivity index (χ0) is 45.0. The molecule has 4 heterocycles. The van der Waals surface area contributed by atoms with Gasteiger partial charge in [0.2, 0.25) is 0 Å². The van der Waals surface area contributed by atoms with E-state index in [1.54, 1.807) is 11.3 Å². The van der Waals surface area contributed by atoms with Gasteiger partial charge in [0.15, 0.2) is 0 Å². The van der Waals surface area contributed by atoms with Gasteiger partial charge in [-0.15, -0.1) is 53.5 Å². The van der Waals surface area contributed by atoms with Gasteiger partial charge in [-0.25, -0.2) is 4.98 Å². The molecule has 0 bridgehead atoms. The summed E-state index contributed by atoms with van der Waals surface area (Å²) < 4.78 is 41.5. The Balaban J connectivity index is 0.000000227. The molecule has 9 aromatic rings. The van der Waals surface area contributed by atoms with E-state index in [2.05, 4.69) is 161 Å². The number of hydrogen-bond acceptors (Lipinski definition) is 4. The Morgan fingerprint density at radius 3 is 2.17 bits per heavy atom. The maximum atomic E-state index is 7.88. The standard InChI is InChI=1S/C37H32N3S.C15H18NSi.Ir/c1-22(2)30-20-26(25-12-7-6-8-13-25)21-31(23(3)4)34(30)40-33-17-10-9-16-32(33)39-36(40)29-15-11-14-27-28-19-18-24(5)38-37(28)41-35(27)29;1-12-5-7-13(8-6-12)15-10-9-14(11-16-15)17(2,3)4;/h6-14,16-23H,1-5H3;5-7,9-11H,1-4H3;/q2*-1;/i;1D3,5D,6D;. The molecule has 0 saturated carbocycles. The van der Waals surface area contributed by atoms with Crippen molar-refractivity contribution in [2.75, 3.05) is 0 Å². The minimum atomic E-state index is -2.47. The van der Waals surface area contributed by atoms with E-state index in [1.807, 2.05) is 24.4 Å². The van der Waals surface area contributed by atoms with Crippen molar-refractivity contribution in [3.05, 3.63) is 162 Å². The van der Waals surface area contributed by atoms with E-state index < -0.39 is 14.9 Å². The van der Waals surface area contributed by atoms with E-state index in [0.29, 0.717) is 23.1 Å². The number of para-hydroxylation sites is 2. The van der Waals surface area contributed by atoms with E-state index in [4.69, 9.17) is 16.8 Å². The Morgan fingerprint density at radius 2 is 1.51 bits per heavy atom. The quantitative estimate of drug-likeness (QED) is 0.118. The molecule has 4 nitrogen and oxygen atoms in total. The summed E-state index contributed by atoms with van der Waals surface area (Å²) >= 11 is 1.74. The predicted molar refractivity (Wildman–Crippen MR) is 251 cm³/mol. The fourth-order valence-corrected chi connectivity index (χ4v) is 9.64. The van der Waals surface area contributed by atoms with Gasteiger partial charge in [-0.3, -0.25) is 4.98 Å². The van der Waals surface area contributed by atoms with Gasteiger partial charge >= 0.3 is 0 Å². The molecular weight excluding hydrogens is 933 g/mol. The third-order valence-corrected chi connectivity index (χ3v) is 13.7. The second-order valence-corrected chi connectivity index (χ2v) is 22.5. The van der Waals surface area contributed by atoms with Gasteiger partial charge in [-0.2, -0.15) is 11.3 Å². The second kappa shape index (κ2) is 17.3. The van der Waals surface area contributed by atoms with Crippen molar-refractivity contribution in [1.82, 2.24) is 19.5 Å². The molecule has 4 aromatic heterocycles. The van der Waals surface area contributed by atoms with E-state index in [1.165, 1.54) is 54.7 Å². The Kier molecular flexibility index (Phi) is 10.5. The number of thiophene rings is 1. The van der Waals surface area contributed by atoms with Crippen molar-refractivity contribution in [1.29, 1.82) is 0 Å². The van der Waals surface area contributed by atoms with Gasteiger partial charge < -0.3 is 9.55 Å². The normalized spacial score (nSPS) is 13.1. The summed E-state index contributed by atoms with van der Waals surface area (Å²) in [6.45, 7) is 15.4. The summed E-state index contributed by atoms with van der Waals surface area (Å²) in [4.78, 5) is 15.6. The summed E-state index contributed by atoms with van der Waals surface area (Å²) in [6, 6.07) is 43.7. The van der Waals surface area contributed by atoms with E-state index in [9.17, 15) is 0 Å². The predicted octanol–water partition coefficient (Wildman–Crippen LogP) is 13.9. The Hall–Kier alpha value is -5.04. The second-order valence-electron chi connectivity index (χ2n) is 16.5. The van der Waals surface area contributed by atoms with Crippen LogP contribution in [0, 0.1) is 25.9 Å². The Bertz CT molecular complexity index is 3080. The van der Waals surface area contributed by atoms with Gasteiger partial charge in [-0.05, 0) is 92.3 Å². The molecule has 299 valence electrons. The molecule has 59 heavy (non-hydrogen) atoms. The molecule has 0 amide bonds. The molecule has 0 fully saturated rings. The number of nitrogens with zero attached hydrogens (tertiary/aromatic N) is 4. The van der Waals surface area contributed by atoms with Crippen molar-refractivity contribution >= 4 is 55.9 Å². The number of rotatable bonds is 7. The zero-order valence-corrected chi connectivity index (χ0v) is 38.9. The van der Waals surface area contributed by atoms with E-state index in [-0.39, 0.29) is 37.8 Å². The fraction of sp³-hybridized carbons (Fsp3) is 0.212. The minimum Gasteiger partial charge on any atom is -0.333 e. The first kappa shape index (κ1) is 35.9. The molecule has 1 radical (unpaired) electrons. The maximum absolute atomic E-state index is 7.88. The first-order valence-corrected chi connectivity index (χ1v) is 24.1. The van der Waals surface area contributed by atoms with Gasteiger partial charge in [0.25, 0.3) is 0 Å². The molecule has 7 heteroatoms. The third-order valence-electron chi connectivity index (χ3n) is 10.6. The van der Waals surface area contributed by atoms with Gasteiger partial charge in [-0.1, -0.05) is 126 Å². The Labute approximate surface area is 374 Å². The van der Waals surface area contributed by atoms with E-state index in [0.717, 1.165) is 32.9 Å². The zero-order valence-electron chi connectivity index (χ0n) is 39.7. The number of pyridine rings is 2. The van der Waals surface area contributed by atoms with Gasteiger partial charge in [0, 0.05) is 44.5 Å². The molecule has 9 rings (SSSR count). The summed E-state index contributed by atoms with van der Waals surface area (Å²) in [5, 5.41) is 3.61.